The van der Waals surface area contributed by atoms with E-state index in [1.807, 2.05) is 6.92 Å². The van der Waals surface area contributed by atoms with Crippen LogP contribution in [0.25, 0.3) is 0 Å². The molecular weight excluding hydrogens is 414 g/mol. The molecule has 0 fully saturated rings. The first kappa shape index (κ1) is 26.8. The minimum Gasteiger partial charge on any atom is -0.481 e. The summed E-state index contributed by atoms with van der Waals surface area (Å²) in [6, 6.07) is 0. The van der Waals surface area contributed by atoms with Crippen molar-refractivity contribution >= 4 is 34.1 Å². The van der Waals surface area contributed by atoms with E-state index in [2.05, 4.69) is 0 Å². The molecule has 13 heteroatoms. The van der Waals surface area contributed by atoms with Crippen LogP contribution >= 0.6 is 0 Å². The molecule has 0 aromatic rings. The Balaban J connectivity index is 5.27. The van der Waals surface area contributed by atoms with Crippen LogP contribution in [-0.4, -0.2) is 76.2 Å². The Hall–Kier alpha value is -2.25. The summed E-state index contributed by atoms with van der Waals surface area (Å²) in [6.07, 6.45) is 1.44. The van der Waals surface area contributed by atoms with Gasteiger partial charge in [0.15, 0.2) is 5.41 Å². The third-order valence-electron chi connectivity index (χ3n) is 4.36. The van der Waals surface area contributed by atoms with Crippen LogP contribution in [0, 0.1) is 11.3 Å². The number of amides is 1. The number of aliphatic carboxylic acids is 3. The van der Waals surface area contributed by atoms with Crippen molar-refractivity contribution in [3.8, 4) is 0 Å². The Labute approximate surface area is 168 Å². The monoisotopic (exact) mass is 441 g/mol. The SMILES string of the molecule is CCCCCOCCCN(C(=O)CC(C(=O)O)C(C)(C(=O)O)C(=O)O)S(=O)(=O)O. The number of hydrogen-bond acceptors (Lipinski definition) is 7. The van der Waals surface area contributed by atoms with Crippen LogP contribution in [0.5, 0.6) is 0 Å². The van der Waals surface area contributed by atoms with Crippen LogP contribution in [0.3, 0.4) is 0 Å². The first-order chi connectivity index (χ1) is 13.3. The van der Waals surface area contributed by atoms with Crippen molar-refractivity contribution in [2.45, 2.75) is 46.0 Å². The summed E-state index contributed by atoms with van der Waals surface area (Å²) in [5, 5.41) is 27.5. The molecule has 0 heterocycles. The van der Waals surface area contributed by atoms with Crippen molar-refractivity contribution in [1.29, 1.82) is 0 Å². The fourth-order valence-electron chi connectivity index (χ4n) is 2.44. The summed E-state index contributed by atoms with van der Waals surface area (Å²) < 4.78 is 37.4. The second kappa shape index (κ2) is 11.7. The molecule has 0 saturated carbocycles. The van der Waals surface area contributed by atoms with E-state index in [4.69, 9.17) is 14.9 Å². The van der Waals surface area contributed by atoms with Crippen LogP contribution in [0.2, 0.25) is 0 Å². The lowest BCUT2D eigenvalue weighted by atomic mass is 9.75. The van der Waals surface area contributed by atoms with E-state index in [0.717, 1.165) is 19.3 Å². The van der Waals surface area contributed by atoms with E-state index in [0.29, 0.717) is 13.5 Å². The second-order valence-corrected chi connectivity index (χ2v) is 7.86. The van der Waals surface area contributed by atoms with Crippen LogP contribution < -0.4 is 0 Å². The summed E-state index contributed by atoms with van der Waals surface area (Å²) in [5.74, 6) is -9.66. The van der Waals surface area contributed by atoms with E-state index in [1.54, 1.807) is 0 Å². The van der Waals surface area contributed by atoms with Gasteiger partial charge in [-0.25, -0.2) is 4.31 Å². The lowest BCUT2D eigenvalue weighted by Gasteiger charge is -2.28. The average Bonchev–Trinajstić information content (AvgIpc) is 2.59. The Morgan fingerprint density at radius 3 is 1.93 bits per heavy atom. The van der Waals surface area contributed by atoms with Gasteiger partial charge in [0, 0.05) is 26.2 Å². The highest BCUT2D eigenvalue weighted by atomic mass is 32.2. The van der Waals surface area contributed by atoms with Crippen LogP contribution in [0.15, 0.2) is 0 Å². The van der Waals surface area contributed by atoms with Gasteiger partial charge in [0.2, 0.25) is 5.91 Å². The first-order valence-corrected chi connectivity index (χ1v) is 10.2. The summed E-state index contributed by atoms with van der Waals surface area (Å²) in [5.41, 5.74) is -2.89. The van der Waals surface area contributed by atoms with Gasteiger partial charge >= 0.3 is 28.2 Å². The van der Waals surface area contributed by atoms with Crippen molar-refractivity contribution in [2.75, 3.05) is 19.8 Å². The normalized spacial score (nSPS) is 12.9. The predicted octanol–water partition coefficient (Wildman–Crippen LogP) is 0.481. The number of unbranched alkanes of at least 4 members (excludes halogenated alkanes) is 2. The van der Waals surface area contributed by atoms with Crippen molar-refractivity contribution in [2.24, 2.45) is 11.3 Å². The van der Waals surface area contributed by atoms with Gasteiger partial charge in [-0.1, -0.05) is 19.8 Å². The van der Waals surface area contributed by atoms with Gasteiger partial charge in [0.05, 0.1) is 5.92 Å². The van der Waals surface area contributed by atoms with Gasteiger partial charge < -0.3 is 20.1 Å². The molecule has 0 aromatic heterocycles. The largest absolute Gasteiger partial charge is 0.481 e. The fraction of sp³-hybridized carbons (Fsp3) is 0.750. The molecule has 0 saturated heterocycles. The van der Waals surface area contributed by atoms with Crippen molar-refractivity contribution < 1.29 is 52.2 Å². The highest BCUT2D eigenvalue weighted by Gasteiger charge is 2.53. The predicted molar refractivity (Wildman–Crippen MR) is 97.3 cm³/mol. The van der Waals surface area contributed by atoms with Crippen molar-refractivity contribution in [3.05, 3.63) is 0 Å². The average molecular weight is 441 g/mol. The van der Waals surface area contributed by atoms with Gasteiger partial charge in [-0.15, -0.1) is 0 Å². The Morgan fingerprint density at radius 2 is 1.52 bits per heavy atom. The van der Waals surface area contributed by atoms with Gasteiger partial charge in [-0.3, -0.25) is 23.7 Å². The summed E-state index contributed by atoms with van der Waals surface area (Å²) in [6.45, 7) is 2.54. The van der Waals surface area contributed by atoms with Crippen molar-refractivity contribution in [1.82, 2.24) is 4.31 Å². The first-order valence-electron chi connectivity index (χ1n) is 8.85. The molecule has 0 bridgehead atoms. The molecule has 0 aromatic carbocycles. The van der Waals surface area contributed by atoms with Gasteiger partial charge in [0.25, 0.3) is 0 Å². The number of carboxylic acids is 3. The Bertz CT molecular complexity index is 690. The third kappa shape index (κ3) is 7.95. The molecule has 12 nitrogen and oxygen atoms in total. The van der Waals surface area contributed by atoms with Crippen LogP contribution in [-0.2, 0) is 34.2 Å². The molecule has 0 spiro atoms. The molecule has 0 aliphatic rings. The summed E-state index contributed by atoms with van der Waals surface area (Å²) in [7, 11) is -5.08. The lowest BCUT2D eigenvalue weighted by molar-refractivity contribution is -0.175. The maximum absolute atomic E-state index is 12.3. The smallest absolute Gasteiger partial charge is 0.362 e. The maximum atomic E-state index is 12.3. The van der Waals surface area contributed by atoms with Gasteiger partial charge in [0.1, 0.15) is 0 Å². The van der Waals surface area contributed by atoms with Gasteiger partial charge in [-0.2, -0.15) is 8.42 Å². The van der Waals surface area contributed by atoms with Crippen LogP contribution in [0.4, 0.5) is 0 Å². The molecule has 1 amide bonds. The summed E-state index contributed by atoms with van der Waals surface area (Å²) in [4.78, 5) is 46.4. The number of ether oxygens (including phenoxy) is 1. The van der Waals surface area contributed by atoms with Crippen LogP contribution in [0.1, 0.15) is 46.0 Å². The minimum absolute atomic E-state index is 0.00940. The quantitative estimate of drug-likeness (QED) is 0.157. The number of nitrogens with zero attached hydrogens (tertiary/aromatic N) is 1. The lowest BCUT2D eigenvalue weighted by Crippen LogP contribution is -2.49. The molecule has 168 valence electrons. The number of carbonyl (C=O) groups is 4. The second-order valence-electron chi connectivity index (χ2n) is 6.52. The van der Waals surface area contributed by atoms with E-state index >= 15 is 0 Å². The maximum Gasteiger partial charge on any atom is 0.362 e. The molecule has 29 heavy (non-hydrogen) atoms. The molecular formula is C16H27NO11S. The zero-order chi connectivity index (χ0) is 22.8. The minimum atomic E-state index is -5.08. The molecule has 4 N–H and O–H groups in total. The zero-order valence-electron chi connectivity index (χ0n) is 16.2. The Kier molecular flexibility index (Phi) is 10.8. The summed E-state index contributed by atoms with van der Waals surface area (Å²) >= 11 is 0. The van der Waals surface area contributed by atoms with Crippen molar-refractivity contribution in [3.63, 3.8) is 0 Å². The number of carbonyl (C=O) groups excluding carboxylic acids is 1. The Morgan fingerprint density at radius 1 is 1.00 bits per heavy atom. The standard InChI is InChI=1S/C16H27NO11S/c1-3-4-5-8-28-9-6-7-17(29(25,26)27)12(18)10-11(13(19)20)16(2,14(21)22)15(23)24/h11H,3-10H2,1-2H3,(H,19,20)(H,21,22)(H,23,24)(H,25,26,27). The van der Waals surface area contributed by atoms with Gasteiger partial charge in [-0.05, 0) is 19.8 Å². The molecule has 0 aliphatic carbocycles. The third-order valence-corrected chi connectivity index (χ3v) is 5.30. The molecule has 0 radical (unpaired) electrons. The van der Waals surface area contributed by atoms with E-state index in [9.17, 15) is 37.3 Å². The molecule has 0 rings (SSSR count). The number of rotatable bonds is 15. The highest BCUT2D eigenvalue weighted by Crippen LogP contribution is 2.32. The highest BCUT2D eigenvalue weighted by molar-refractivity contribution is 7.84. The molecule has 1 atom stereocenters. The van der Waals surface area contributed by atoms with E-state index < -0.39 is 58.4 Å². The molecule has 1 unspecified atom stereocenters. The van der Waals surface area contributed by atoms with E-state index in [1.165, 1.54) is 0 Å². The molecule has 0 aliphatic heterocycles. The number of carboxylic acid groups (broad SMARTS) is 3. The fourth-order valence-corrected chi connectivity index (χ4v) is 3.13. The number of hydrogen-bond donors (Lipinski definition) is 4. The topological polar surface area (TPSA) is 196 Å². The zero-order valence-corrected chi connectivity index (χ0v) is 17.1. The van der Waals surface area contributed by atoms with E-state index in [-0.39, 0.29) is 17.3 Å².